The van der Waals surface area contributed by atoms with Gasteiger partial charge in [-0.3, -0.25) is 14.4 Å². The van der Waals surface area contributed by atoms with Crippen LogP contribution in [0, 0.1) is 0 Å². The molecule has 11 heteroatoms. The van der Waals surface area contributed by atoms with Gasteiger partial charge in [0.15, 0.2) is 18.3 Å². The van der Waals surface area contributed by atoms with E-state index in [4.69, 9.17) is 33.2 Å². The van der Waals surface area contributed by atoms with E-state index in [-0.39, 0.29) is 19.8 Å². The molecule has 40 heavy (non-hydrogen) atoms. The molecule has 1 fully saturated rings. The maximum absolute atomic E-state index is 13.0. The van der Waals surface area contributed by atoms with Crippen LogP contribution in [0.3, 0.4) is 0 Å². The van der Waals surface area contributed by atoms with Crippen LogP contribution in [-0.4, -0.2) is 67.8 Å². The monoisotopic (exact) mass is 558 g/mol. The van der Waals surface area contributed by atoms with Crippen molar-refractivity contribution in [2.24, 2.45) is 0 Å². The Balaban J connectivity index is 2.04. The molecule has 3 rings (SSSR count). The molecule has 216 valence electrons. The predicted octanol–water partition coefficient (Wildman–Crippen LogP) is 3.04. The molecule has 0 saturated carbocycles. The first kappa shape index (κ1) is 30.7. The van der Waals surface area contributed by atoms with Gasteiger partial charge in [0.05, 0.1) is 13.2 Å². The van der Waals surface area contributed by atoms with E-state index in [0.29, 0.717) is 5.56 Å². The first-order chi connectivity index (χ1) is 19.2. The lowest BCUT2D eigenvalue weighted by atomic mass is 9.97. The van der Waals surface area contributed by atoms with Crippen LogP contribution in [0.1, 0.15) is 44.9 Å². The topological polar surface area (TPSA) is 133 Å². The van der Waals surface area contributed by atoms with Gasteiger partial charge in [0, 0.05) is 20.8 Å². The van der Waals surface area contributed by atoms with Gasteiger partial charge < -0.3 is 33.2 Å². The minimum absolute atomic E-state index is 0.0775. The fraction of sp³-hybridized carbons (Fsp3) is 0.448. The third-order valence-electron chi connectivity index (χ3n) is 5.81. The van der Waals surface area contributed by atoms with E-state index in [0.717, 1.165) is 5.56 Å². The molecule has 0 unspecified atom stereocenters. The Morgan fingerprint density at radius 3 is 1.98 bits per heavy atom. The summed E-state index contributed by atoms with van der Waals surface area (Å²) in [6.07, 6.45) is -7.42. The van der Waals surface area contributed by atoms with Gasteiger partial charge in [0.25, 0.3) is 0 Å². The lowest BCUT2D eigenvalue weighted by Gasteiger charge is -2.45. The SMILES string of the molecule is CCOC(=O)[C@H](O[C@H]1[C@@H](OC(C)=O)O[C@H](COC(C)=O)[C@H](OCc2ccccc2)[C@@H]1OC(C)=O)c1ccccc1. The highest BCUT2D eigenvalue weighted by molar-refractivity contribution is 5.76. The third kappa shape index (κ3) is 8.87. The van der Waals surface area contributed by atoms with Gasteiger partial charge in [-0.05, 0) is 18.1 Å². The molecule has 0 spiro atoms. The normalized spacial score (nSPS) is 22.9. The highest BCUT2D eigenvalue weighted by Crippen LogP contribution is 2.34. The number of carbonyl (C=O) groups is 4. The molecule has 11 nitrogen and oxygen atoms in total. The second-order valence-corrected chi connectivity index (χ2v) is 8.93. The molecule has 1 heterocycles. The molecule has 1 aliphatic heterocycles. The van der Waals surface area contributed by atoms with Gasteiger partial charge in [-0.25, -0.2) is 4.79 Å². The largest absolute Gasteiger partial charge is 0.464 e. The molecule has 2 aromatic rings. The molecular weight excluding hydrogens is 524 g/mol. The number of benzene rings is 2. The minimum atomic E-state index is -1.46. The maximum Gasteiger partial charge on any atom is 0.339 e. The van der Waals surface area contributed by atoms with Gasteiger partial charge in [0.2, 0.25) is 6.29 Å². The smallest absolute Gasteiger partial charge is 0.339 e. The summed E-state index contributed by atoms with van der Waals surface area (Å²) in [5.41, 5.74) is 1.26. The highest BCUT2D eigenvalue weighted by Gasteiger charge is 2.53. The van der Waals surface area contributed by atoms with Gasteiger partial charge in [-0.2, -0.15) is 0 Å². The maximum atomic E-state index is 13.0. The molecule has 0 aromatic heterocycles. The lowest BCUT2D eigenvalue weighted by molar-refractivity contribution is -0.316. The molecule has 1 aliphatic rings. The van der Waals surface area contributed by atoms with Crippen molar-refractivity contribution in [1.29, 1.82) is 0 Å². The zero-order valence-electron chi connectivity index (χ0n) is 22.8. The van der Waals surface area contributed by atoms with Crippen LogP contribution in [0.25, 0.3) is 0 Å². The van der Waals surface area contributed by atoms with E-state index in [9.17, 15) is 19.2 Å². The Bertz CT molecular complexity index is 1120. The van der Waals surface area contributed by atoms with Gasteiger partial charge >= 0.3 is 23.9 Å². The van der Waals surface area contributed by atoms with Gasteiger partial charge in [0.1, 0.15) is 18.8 Å². The second-order valence-electron chi connectivity index (χ2n) is 8.93. The Morgan fingerprint density at radius 2 is 1.40 bits per heavy atom. The van der Waals surface area contributed by atoms with E-state index >= 15 is 0 Å². The Hall–Kier alpha value is -3.80. The van der Waals surface area contributed by atoms with E-state index in [1.165, 1.54) is 20.8 Å². The van der Waals surface area contributed by atoms with Crippen LogP contribution >= 0.6 is 0 Å². The molecule has 6 atom stereocenters. The molecule has 1 saturated heterocycles. The van der Waals surface area contributed by atoms with Crippen LogP contribution in [0.2, 0.25) is 0 Å². The Kier molecular flexibility index (Phi) is 11.6. The summed E-state index contributed by atoms with van der Waals surface area (Å²) in [6, 6.07) is 17.7. The van der Waals surface area contributed by atoms with E-state index in [1.54, 1.807) is 37.3 Å². The fourth-order valence-corrected chi connectivity index (χ4v) is 4.18. The zero-order valence-corrected chi connectivity index (χ0v) is 22.8. The summed E-state index contributed by atoms with van der Waals surface area (Å²) in [4.78, 5) is 49.0. The summed E-state index contributed by atoms with van der Waals surface area (Å²) in [6.45, 7) is 5.11. The van der Waals surface area contributed by atoms with Gasteiger partial charge in [-0.1, -0.05) is 60.7 Å². The van der Waals surface area contributed by atoms with Crippen LogP contribution in [0.15, 0.2) is 60.7 Å². The Labute approximate surface area is 232 Å². The quantitative estimate of drug-likeness (QED) is 0.281. The molecule has 0 aliphatic carbocycles. The number of rotatable bonds is 12. The van der Waals surface area contributed by atoms with Crippen LogP contribution in [0.4, 0.5) is 0 Å². The molecule has 0 N–H and O–H groups in total. The first-order valence-electron chi connectivity index (χ1n) is 12.8. The van der Waals surface area contributed by atoms with Gasteiger partial charge in [-0.15, -0.1) is 0 Å². The fourth-order valence-electron chi connectivity index (χ4n) is 4.18. The van der Waals surface area contributed by atoms with Crippen molar-refractivity contribution in [2.75, 3.05) is 13.2 Å². The first-order valence-corrected chi connectivity index (χ1v) is 12.8. The van der Waals surface area contributed by atoms with Crippen molar-refractivity contribution >= 4 is 23.9 Å². The standard InChI is InChI=1S/C29H34O11/c1-5-34-28(33)24(22-14-10-7-11-15-22)40-27-26(37-19(3)31)25(36-16-21-12-8-6-9-13-21)23(17-35-18(2)30)39-29(27)38-20(4)32/h6-15,23-27,29H,5,16-17H2,1-4H3/t23-,24-,25+,26+,27-,29+/m1/s1. The van der Waals surface area contributed by atoms with Crippen molar-refractivity contribution in [3.8, 4) is 0 Å². The molecular formula is C29H34O11. The van der Waals surface area contributed by atoms with E-state index in [1.807, 2.05) is 30.3 Å². The summed E-state index contributed by atoms with van der Waals surface area (Å²) >= 11 is 0. The number of hydrogen-bond donors (Lipinski definition) is 0. The summed E-state index contributed by atoms with van der Waals surface area (Å²) < 4.78 is 40.0. The average Bonchev–Trinajstić information content (AvgIpc) is 2.91. The van der Waals surface area contributed by atoms with Crippen LogP contribution in [0.5, 0.6) is 0 Å². The van der Waals surface area contributed by atoms with E-state index in [2.05, 4.69) is 0 Å². The highest BCUT2D eigenvalue weighted by atomic mass is 16.7. The Morgan fingerprint density at radius 1 is 0.775 bits per heavy atom. The van der Waals surface area contributed by atoms with Crippen molar-refractivity contribution < 1.29 is 52.3 Å². The molecule has 0 amide bonds. The van der Waals surface area contributed by atoms with E-state index < -0.39 is 60.7 Å². The van der Waals surface area contributed by atoms with Crippen molar-refractivity contribution in [1.82, 2.24) is 0 Å². The number of carbonyl (C=O) groups excluding carboxylic acids is 4. The summed E-state index contributed by atoms with van der Waals surface area (Å²) in [5.74, 6) is -2.69. The summed E-state index contributed by atoms with van der Waals surface area (Å²) in [7, 11) is 0. The molecule has 0 bridgehead atoms. The summed E-state index contributed by atoms with van der Waals surface area (Å²) in [5, 5.41) is 0. The van der Waals surface area contributed by atoms with Crippen molar-refractivity contribution in [3.63, 3.8) is 0 Å². The van der Waals surface area contributed by atoms with Crippen molar-refractivity contribution in [3.05, 3.63) is 71.8 Å². The van der Waals surface area contributed by atoms with Crippen LogP contribution in [-0.2, 0) is 58.9 Å². The zero-order chi connectivity index (χ0) is 29.1. The lowest BCUT2D eigenvalue weighted by Crippen LogP contribution is -2.62. The molecule has 0 radical (unpaired) electrons. The second kappa shape index (κ2) is 15.1. The average molecular weight is 559 g/mol. The van der Waals surface area contributed by atoms with Crippen LogP contribution < -0.4 is 0 Å². The number of esters is 4. The number of hydrogen-bond acceptors (Lipinski definition) is 11. The third-order valence-corrected chi connectivity index (χ3v) is 5.81. The molecule has 2 aromatic carbocycles. The minimum Gasteiger partial charge on any atom is -0.464 e. The van der Waals surface area contributed by atoms with Crippen molar-refractivity contribution in [2.45, 2.75) is 71.1 Å². The number of ether oxygens (including phenoxy) is 7. The predicted molar refractivity (Wildman–Crippen MR) is 138 cm³/mol.